The number of esters is 2. The highest BCUT2D eigenvalue weighted by atomic mass is 16.6. The molecule has 1 aliphatic carbocycles. The lowest BCUT2D eigenvalue weighted by Gasteiger charge is -2.33. The van der Waals surface area contributed by atoms with Crippen LogP contribution in [0.15, 0.2) is 36.4 Å². The third-order valence-electron chi connectivity index (χ3n) is 7.45. The predicted molar refractivity (Wildman–Crippen MR) is 145 cm³/mol. The second-order valence-corrected chi connectivity index (χ2v) is 11.3. The molecule has 1 amide bonds. The average Bonchev–Trinajstić information content (AvgIpc) is 3.02. The molecule has 2 aromatic rings. The Kier molecular flexibility index (Phi) is 8.14. The number of carbonyl (C=O) groups excluding carboxylic acids is 3. The maximum atomic E-state index is 13.2. The van der Waals surface area contributed by atoms with E-state index in [2.05, 4.69) is 0 Å². The molecule has 2 aromatic carbocycles. The SMILES string of the molecule is CCOC(=O)CCC(=O)N1Cc2cccc3c2-c2c(cccc2C3(CCC(=O)O)CCC(=O)OC(C)(C)C)C1. The molecule has 39 heavy (non-hydrogen) atoms. The lowest BCUT2D eigenvalue weighted by molar-refractivity contribution is -0.155. The van der Waals surface area contributed by atoms with Crippen LogP contribution in [0.4, 0.5) is 0 Å². The van der Waals surface area contributed by atoms with Gasteiger partial charge in [0.1, 0.15) is 5.60 Å². The largest absolute Gasteiger partial charge is 0.481 e. The molecule has 1 N–H and O–H groups in total. The molecule has 0 saturated heterocycles. The third kappa shape index (κ3) is 6.00. The number of carboxylic acids is 1. The number of aliphatic carboxylic acids is 1. The minimum atomic E-state index is -0.889. The van der Waals surface area contributed by atoms with Gasteiger partial charge in [-0.15, -0.1) is 0 Å². The molecule has 0 spiro atoms. The highest BCUT2D eigenvalue weighted by Gasteiger charge is 2.46. The van der Waals surface area contributed by atoms with E-state index in [9.17, 15) is 24.3 Å². The Hall–Kier alpha value is -3.68. The van der Waals surface area contributed by atoms with E-state index >= 15 is 0 Å². The Morgan fingerprint density at radius 1 is 0.846 bits per heavy atom. The predicted octanol–water partition coefficient (Wildman–Crippen LogP) is 5.13. The van der Waals surface area contributed by atoms with Gasteiger partial charge in [0.25, 0.3) is 0 Å². The third-order valence-corrected chi connectivity index (χ3v) is 7.45. The van der Waals surface area contributed by atoms with Gasteiger partial charge < -0.3 is 19.5 Å². The second-order valence-electron chi connectivity index (χ2n) is 11.3. The van der Waals surface area contributed by atoms with Gasteiger partial charge in [-0.05, 0) is 73.9 Å². The van der Waals surface area contributed by atoms with Crippen LogP contribution in [0.3, 0.4) is 0 Å². The van der Waals surface area contributed by atoms with Gasteiger partial charge in [0.2, 0.25) is 5.91 Å². The molecule has 0 bridgehead atoms. The number of amides is 1. The molecule has 0 saturated carbocycles. The summed E-state index contributed by atoms with van der Waals surface area (Å²) in [4.78, 5) is 51.3. The molecule has 0 unspecified atom stereocenters. The van der Waals surface area contributed by atoms with Crippen LogP contribution >= 0.6 is 0 Å². The van der Waals surface area contributed by atoms with E-state index < -0.39 is 17.0 Å². The fraction of sp³-hybridized carbons (Fsp3) is 0.484. The molecule has 0 fully saturated rings. The van der Waals surface area contributed by atoms with Gasteiger partial charge in [0, 0.05) is 37.8 Å². The molecule has 208 valence electrons. The van der Waals surface area contributed by atoms with Crippen LogP contribution in [-0.2, 0) is 47.2 Å². The number of nitrogens with zero attached hydrogens (tertiary/aromatic N) is 1. The number of carboxylic acid groups (broad SMARTS) is 1. The van der Waals surface area contributed by atoms with Crippen molar-refractivity contribution in [1.29, 1.82) is 0 Å². The number of ether oxygens (including phenoxy) is 2. The molecule has 2 aliphatic rings. The molecule has 8 nitrogen and oxygen atoms in total. The zero-order chi connectivity index (χ0) is 28.4. The molecule has 0 atom stereocenters. The standard InChI is InChI=1S/C31H37NO7/c1-5-38-26(36)13-12-24(33)32-18-20-8-6-10-22-28(20)29-21(19-32)9-7-11-23(29)31(22,16-14-25(34)35)17-15-27(37)39-30(2,3)4/h6-11H,5,12-19H2,1-4H3,(H,34,35). The van der Waals surface area contributed by atoms with Crippen LogP contribution < -0.4 is 0 Å². The highest BCUT2D eigenvalue weighted by Crippen LogP contribution is 2.56. The Morgan fingerprint density at radius 2 is 1.41 bits per heavy atom. The number of rotatable bonds is 10. The van der Waals surface area contributed by atoms with E-state index in [1.807, 2.05) is 57.2 Å². The van der Waals surface area contributed by atoms with E-state index in [0.717, 1.165) is 33.4 Å². The number of benzene rings is 2. The highest BCUT2D eigenvalue weighted by molar-refractivity contribution is 5.89. The van der Waals surface area contributed by atoms with Crippen molar-refractivity contribution in [2.75, 3.05) is 6.61 Å². The van der Waals surface area contributed by atoms with Crippen molar-refractivity contribution in [2.24, 2.45) is 0 Å². The summed E-state index contributed by atoms with van der Waals surface area (Å²) >= 11 is 0. The van der Waals surface area contributed by atoms with Gasteiger partial charge in [-0.2, -0.15) is 0 Å². The van der Waals surface area contributed by atoms with Gasteiger partial charge in [0.05, 0.1) is 13.0 Å². The van der Waals surface area contributed by atoms with E-state index in [-0.39, 0.29) is 50.1 Å². The first-order valence-electron chi connectivity index (χ1n) is 13.6. The lowest BCUT2D eigenvalue weighted by atomic mass is 9.71. The number of hydrogen-bond donors (Lipinski definition) is 1. The van der Waals surface area contributed by atoms with Crippen LogP contribution in [0.5, 0.6) is 0 Å². The zero-order valence-corrected chi connectivity index (χ0v) is 23.2. The van der Waals surface area contributed by atoms with Crippen molar-refractivity contribution in [3.8, 4) is 11.1 Å². The van der Waals surface area contributed by atoms with Crippen LogP contribution in [-0.4, -0.2) is 46.0 Å². The molecule has 4 rings (SSSR count). The zero-order valence-electron chi connectivity index (χ0n) is 23.2. The van der Waals surface area contributed by atoms with Crippen LogP contribution in [0.1, 0.15) is 88.5 Å². The van der Waals surface area contributed by atoms with Crippen LogP contribution in [0, 0.1) is 0 Å². The van der Waals surface area contributed by atoms with E-state index in [1.54, 1.807) is 11.8 Å². The minimum absolute atomic E-state index is 0.0337. The smallest absolute Gasteiger partial charge is 0.306 e. The van der Waals surface area contributed by atoms with Crippen molar-refractivity contribution in [3.63, 3.8) is 0 Å². The first-order chi connectivity index (χ1) is 18.4. The Bertz CT molecular complexity index is 1230. The molecule has 1 aliphatic heterocycles. The summed E-state index contributed by atoms with van der Waals surface area (Å²) in [6, 6.07) is 11.9. The molecule has 8 heteroatoms. The van der Waals surface area contributed by atoms with Crippen molar-refractivity contribution < 1.29 is 33.8 Å². The first-order valence-corrected chi connectivity index (χ1v) is 13.6. The normalized spacial score (nSPS) is 14.8. The minimum Gasteiger partial charge on any atom is -0.481 e. The average molecular weight is 536 g/mol. The molecule has 0 aromatic heterocycles. The van der Waals surface area contributed by atoms with Crippen molar-refractivity contribution in [3.05, 3.63) is 58.7 Å². The summed E-state index contributed by atoms with van der Waals surface area (Å²) in [6.07, 6.45) is 0.987. The molecule has 1 heterocycles. The van der Waals surface area contributed by atoms with E-state index in [0.29, 0.717) is 25.9 Å². The van der Waals surface area contributed by atoms with Crippen molar-refractivity contribution >= 4 is 23.8 Å². The Morgan fingerprint density at radius 3 is 1.92 bits per heavy atom. The van der Waals surface area contributed by atoms with Gasteiger partial charge >= 0.3 is 17.9 Å². The summed E-state index contributed by atoms with van der Waals surface area (Å²) in [5.74, 6) is -1.72. The van der Waals surface area contributed by atoms with Gasteiger partial charge in [0.15, 0.2) is 0 Å². The van der Waals surface area contributed by atoms with Gasteiger partial charge in [-0.25, -0.2) is 0 Å². The first kappa shape index (κ1) is 28.3. The summed E-state index contributed by atoms with van der Waals surface area (Å²) in [5, 5.41) is 9.63. The van der Waals surface area contributed by atoms with Crippen LogP contribution in [0.2, 0.25) is 0 Å². The van der Waals surface area contributed by atoms with Crippen molar-refractivity contribution in [2.45, 2.75) is 90.3 Å². The summed E-state index contributed by atoms with van der Waals surface area (Å²) in [6.45, 7) is 8.25. The second kappa shape index (κ2) is 11.2. The molecule has 0 radical (unpaired) electrons. The summed E-state index contributed by atoms with van der Waals surface area (Å²) in [7, 11) is 0. The van der Waals surface area contributed by atoms with Crippen molar-refractivity contribution in [1.82, 2.24) is 4.90 Å². The van der Waals surface area contributed by atoms with E-state index in [1.165, 1.54) is 0 Å². The summed E-state index contributed by atoms with van der Waals surface area (Å²) in [5.41, 5.74) is 4.71. The summed E-state index contributed by atoms with van der Waals surface area (Å²) < 4.78 is 10.6. The quantitative estimate of drug-likeness (QED) is 0.420. The maximum absolute atomic E-state index is 13.2. The fourth-order valence-electron chi connectivity index (χ4n) is 5.93. The lowest BCUT2D eigenvalue weighted by Crippen LogP contribution is -2.32. The maximum Gasteiger partial charge on any atom is 0.306 e. The molecular weight excluding hydrogens is 498 g/mol. The Balaban J connectivity index is 1.73. The van der Waals surface area contributed by atoms with Gasteiger partial charge in [-0.1, -0.05) is 36.4 Å². The number of hydrogen-bond acceptors (Lipinski definition) is 6. The molecular formula is C31H37NO7. The van der Waals surface area contributed by atoms with Crippen LogP contribution in [0.25, 0.3) is 11.1 Å². The fourth-order valence-corrected chi connectivity index (χ4v) is 5.93. The topological polar surface area (TPSA) is 110 Å². The number of carbonyl (C=O) groups is 4. The Labute approximate surface area is 229 Å². The van der Waals surface area contributed by atoms with E-state index in [4.69, 9.17) is 9.47 Å². The monoisotopic (exact) mass is 535 g/mol. The van der Waals surface area contributed by atoms with Gasteiger partial charge in [-0.3, -0.25) is 19.2 Å².